The first kappa shape index (κ1) is 16.5. The van der Waals surface area contributed by atoms with Crippen LogP contribution < -0.4 is 15.4 Å². The number of amides is 1. The van der Waals surface area contributed by atoms with Crippen molar-refractivity contribution in [1.82, 2.24) is 10.6 Å². The van der Waals surface area contributed by atoms with Gasteiger partial charge >= 0.3 is 0 Å². The van der Waals surface area contributed by atoms with E-state index in [1.807, 2.05) is 60.7 Å². The largest absolute Gasteiger partial charge is 0.491 e. The van der Waals surface area contributed by atoms with Gasteiger partial charge in [0.2, 0.25) is 5.91 Å². The van der Waals surface area contributed by atoms with Gasteiger partial charge in [0.15, 0.2) is 0 Å². The summed E-state index contributed by atoms with van der Waals surface area (Å²) in [4.78, 5) is 12.2. The molecule has 1 saturated carbocycles. The Morgan fingerprint density at radius 1 is 1.04 bits per heavy atom. The molecule has 0 spiro atoms. The summed E-state index contributed by atoms with van der Waals surface area (Å²) in [6.07, 6.45) is 2.57. The van der Waals surface area contributed by atoms with Gasteiger partial charge in [-0.25, -0.2) is 0 Å². The van der Waals surface area contributed by atoms with E-state index in [4.69, 9.17) is 4.74 Å². The highest BCUT2D eigenvalue weighted by Gasteiger charge is 2.21. The normalized spacial score (nSPS) is 14.8. The predicted molar refractivity (Wildman–Crippen MR) is 94.9 cm³/mol. The summed E-state index contributed by atoms with van der Waals surface area (Å²) in [6.45, 7) is 1.69. The second kappa shape index (κ2) is 8.50. The van der Waals surface area contributed by atoms with Crippen molar-refractivity contribution in [3.05, 3.63) is 66.2 Å². The number of benzene rings is 2. The maximum absolute atomic E-state index is 12.2. The summed E-state index contributed by atoms with van der Waals surface area (Å²) < 4.78 is 5.84. The molecule has 1 aliphatic carbocycles. The quantitative estimate of drug-likeness (QED) is 0.746. The summed E-state index contributed by atoms with van der Waals surface area (Å²) in [7, 11) is 0. The standard InChI is InChI=1S/C20H24N2O2/c23-20(14-21-13-16-11-12-16)22-19(17-7-3-1-4-8-17)15-24-18-9-5-2-6-10-18/h1-10,16,19,21H,11-15H2,(H,22,23). The summed E-state index contributed by atoms with van der Waals surface area (Å²) in [6, 6.07) is 19.4. The van der Waals surface area contributed by atoms with Crippen LogP contribution in [0.25, 0.3) is 0 Å². The molecule has 126 valence electrons. The zero-order valence-electron chi connectivity index (χ0n) is 13.8. The molecule has 2 N–H and O–H groups in total. The fourth-order valence-corrected chi connectivity index (χ4v) is 2.56. The van der Waals surface area contributed by atoms with Crippen molar-refractivity contribution < 1.29 is 9.53 Å². The summed E-state index contributed by atoms with van der Waals surface area (Å²) in [5.74, 6) is 1.57. The number of carbonyl (C=O) groups excluding carboxylic acids is 1. The molecule has 1 amide bonds. The number of carbonyl (C=O) groups is 1. The van der Waals surface area contributed by atoms with E-state index in [0.29, 0.717) is 13.2 Å². The van der Waals surface area contributed by atoms with Gasteiger partial charge in [0.05, 0.1) is 12.6 Å². The Hall–Kier alpha value is -2.33. The second-order valence-electron chi connectivity index (χ2n) is 6.23. The Kier molecular flexibility index (Phi) is 5.85. The smallest absolute Gasteiger partial charge is 0.234 e. The van der Waals surface area contributed by atoms with Gasteiger partial charge in [-0.15, -0.1) is 0 Å². The predicted octanol–water partition coefficient (Wildman–Crippen LogP) is 2.92. The van der Waals surface area contributed by atoms with Crippen LogP contribution in [0, 0.1) is 5.92 Å². The monoisotopic (exact) mass is 324 g/mol. The van der Waals surface area contributed by atoms with Gasteiger partial charge in [0.1, 0.15) is 12.4 Å². The zero-order chi connectivity index (χ0) is 16.6. The SMILES string of the molecule is O=C(CNCC1CC1)NC(COc1ccccc1)c1ccccc1. The molecule has 3 rings (SSSR count). The molecule has 1 aliphatic rings. The van der Waals surface area contributed by atoms with Crippen molar-refractivity contribution in [2.45, 2.75) is 18.9 Å². The van der Waals surface area contributed by atoms with Gasteiger partial charge in [-0.05, 0) is 43.0 Å². The van der Waals surface area contributed by atoms with Crippen molar-refractivity contribution in [1.29, 1.82) is 0 Å². The van der Waals surface area contributed by atoms with E-state index in [2.05, 4.69) is 10.6 Å². The van der Waals surface area contributed by atoms with Crippen molar-refractivity contribution in [2.24, 2.45) is 5.92 Å². The number of hydrogen-bond acceptors (Lipinski definition) is 3. The molecule has 0 bridgehead atoms. The minimum atomic E-state index is -0.165. The third-order valence-electron chi connectivity index (χ3n) is 4.11. The molecule has 0 radical (unpaired) electrons. The molecule has 1 fully saturated rings. The average molecular weight is 324 g/mol. The van der Waals surface area contributed by atoms with Crippen LogP contribution in [0.4, 0.5) is 0 Å². The number of rotatable bonds is 9. The highest BCUT2D eigenvalue weighted by molar-refractivity contribution is 5.78. The lowest BCUT2D eigenvalue weighted by molar-refractivity contribution is -0.121. The van der Waals surface area contributed by atoms with Crippen LogP contribution in [0.2, 0.25) is 0 Å². The molecule has 2 aromatic rings. The lowest BCUT2D eigenvalue weighted by Crippen LogP contribution is -2.39. The van der Waals surface area contributed by atoms with E-state index in [1.54, 1.807) is 0 Å². The summed E-state index contributed by atoms with van der Waals surface area (Å²) in [5, 5.41) is 6.30. The zero-order valence-corrected chi connectivity index (χ0v) is 13.8. The first-order valence-corrected chi connectivity index (χ1v) is 8.54. The van der Waals surface area contributed by atoms with E-state index in [-0.39, 0.29) is 11.9 Å². The fourth-order valence-electron chi connectivity index (χ4n) is 2.56. The number of ether oxygens (including phenoxy) is 1. The van der Waals surface area contributed by atoms with Crippen LogP contribution in [-0.2, 0) is 4.79 Å². The average Bonchev–Trinajstić information content (AvgIpc) is 3.44. The van der Waals surface area contributed by atoms with E-state index in [1.165, 1.54) is 12.8 Å². The number of para-hydroxylation sites is 1. The first-order valence-electron chi connectivity index (χ1n) is 8.54. The Morgan fingerprint density at radius 3 is 2.38 bits per heavy atom. The highest BCUT2D eigenvalue weighted by Crippen LogP contribution is 2.27. The second-order valence-corrected chi connectivity index (χ2v) is 6.23. The third-order valence-corrected chi connectivity index (χ3v) is 4.11. The van der Waals surface area contributed by atoms with Crippen LogP contribution in [0.5, 0.6) is 5.75 Å². The van der Waals surface area contributed by atoms with E-state index >= 15 is 0 Å². The Labute approximate surface area is 143 Å². The molecular weight excluding hydrogens is 300 g/mol. The Morgan fingerprint density at radius 2 is 1.71 bits per heavy atom. The number of hydrogen-bond donors (Lipinski definition) is 2. The van der Waals surface area contributed by atoms with Gasteiger partial charge in [0.25, 0.3) is 0 Å². The molecule has 1 atom stereocenters. The van der Waals surface area contributed by atoms with Gasteiger partial charge in [0, 0.05) is 0 Å². The molecule has 4 nitrogen and oxygen atoms in total. The van der Waals surface area contributed by atoms with Crippen LogP contribution in [-0.4, -0.2) is 25.6 Å². The lowest BCUT2D eigenvalue weighted by atomic mass is 10.1. The molecule has 0 aromatic heterocycles. The molecular formula is C20H24N2O2. The van der Waals surface area contributed by atoms with Crippen LogP contribution in [0.15, 0.2) is 60.7 Å². The van der Waals surface area contributed by atoms with E-state index in [0.717, 1.165) is 23.8 Å². The van der Waals surface area contributed by atoms with Gasteiger partial charge in [-0.1, -0.05) is 48.5 Å². The molecule has 0 aliphatic heterocycles. The molecule has 1 unspecified atom stereocenters. The fraction of sp³-hybridized carbons (Fsp3) is 0.350. The van der Waals surface area contributed by atoms with Crippen molar-refractivity contribution in [2.75, 3.05) is 19.7 Å². The number of nitrogens with one attached hydrogen (secondary N) is 2. The first-order chi connectivity index (χ1) is 11.8. The molecule has 0 saturated heterocycles. The maximum Gasteiger partial charge on any atom is 0.234 e. The van der Waals surface area contributed by atoms with Crippen LogP contribution >= 0.6 is 0 Å². The third kappa shape index (κ3) is 5.39. The Balaban J connectivity index is 1.55. The minimum absolute atomic E-state index is 0.00108. The lowest BCUT2D eigenvalue weighted by Gasteiger charge is -2.20. The van der Waals surface area contributed by atoms with Crippen molar-refractivity contribution in [3.63, 3.8) is 0 Å². The van der Waals surface area contributed by atoms with E-state index in [9.17, 15) is 4.79 Å². The summed E-state index contributed by atoms with van der Waals surface area (Å²) >= 11 is 0. The molecule has 0 heterocycles. The molecule has 24 heavy (non-hydrogen) atoms. The van der Waals surface area contributed by atoms with Crippen molar-refractivity contribution in [3.8, 4) is 5.75 Å². The van der Waals surface area contributed by atoms with Crippen LogP contribution in [0.3, 0.4) is 0 Å². The minimum Gasteiger partial charge on any atom is -0.491 e. The van der Waals surface area contributed by atoms with Crippen molar-refractivity contribution >= 4 is 5.91 Å². The van der Waals surface area contributed by atoms with Gasteiger partial charge in [-0.3, -0.25) is 4.79 Å². The maximum atomic E-state index is 12.2. The molecule has 4 heteroatoms. The van der Waals surface area contributed by atoms with Crippen LogP contribution in [0.1, 0.15) is 24.4 Å². The highest BCUT2D eigenvalue weighted by atomic mass is 16.5. The topological polar surface area (TPSA) is 50.4 Å². The Bertz CT molecular complexity index is 627. The summed E-state index contributed by atoms with van der Waals surface area (Å²) in [5.41, 5.74) is 1.05. The van der Waals surface area contributed by atoms with Gasteiger partial charge in [-0.2, -0.15) is 0 Å². The van der Waals surface area contributed by atoms with Gasteiger partial charge < -0.3 is 15.4 Å². The molecule has 2 aromatic carbocycles. The van der Waals surface area contributed by atoms with E-state index < -0.39 is 0 Å².